The molecule has 2 aromatic carbocycles. The molecule has 1 N–H and O–H groups in total. The molecule has 1 heterocycles. The highest BCUT2D eigenvalue weighted by Crippen LogP contribution is 2.27. The van der Waals surface area contributed by atoms with Crippen LogP contribution in [0.3, 0.4) is 0 Å². The van der Waals surface area contributed by atoms with E-state index in [-0.39, 0.29) is 11.6 Å². The Morgan fingerprint density at radius 1 is 1.29 bits per heavy atom. The SMILES string of the molecule is Cc1cc(Cl)ccc1O[C@H](C)C(=O)Nc1nc(-c2ccc([N+](=O)[O-])cc2)cs1. The van der Waals surface area contributed by atoms with Crippen LogP contribution < -0.4 is 10.1 Å². The zero-order chi connectivity index (χ0) is 20.3. The molecule has 0 fully saturated rings. The summed E-state index contributed by atoms with van der Waals surface area (Å²) < 4.78 is 5.70. The first-order chi connectivity index (χ1) is 13.3. The quantitative estimate of drug-likeness (QED) is 0.445. The molecule has 0 aliphatic heterocycles. The molecule has 0 saturated heterocycles. The molecule has 9 heteroatoms. The first kappa shape index (κ1) is 19.8. The lowest BCUT2D eigenvalue weighted by Crippen LogP contribution is -2.30. The molecule has 0 unspecified atom stereocenters. The van der Waals surface area contributed by atoms with Gasteiger partial charge in [-0.3, -0.25) is 20.2 Å². The van der Waals surface area contributed by atoms with Gasteiger partial charge in [-0.25, -0.2) is 4.98 Å². The molecule has 0 aliphatic carbocycles. The number of amides is 1. The van der Waals surface area contributed by atoms with E-state index in [9.17, 15) is 14.9 Å². The second kappa shape index (κ2) is 8.37. The lowest BCUT2D eigenvalue weighted by Gasteiger charge is -2.15. The van der Waals surface area contributed by atoms with E-state index in [0.717, 1.165) is 11.1 Å². The smallest absolute Gasteiger partial charge is 0.269 e. The summed E-state index contributed by atoms with van der Waals surface area (Å²) in [4.78, 5) is 27.0. The van der Waals surface area contributed by atoms with E-state index in [4.69, 9.17) is 16.3 Å². The molecule has 0 bridgehead atoms. The number of thiazole rings is 1. The van der Waals surface area contributed by atoms with Gasteiger partial charge in [0.15, 0.2) is 11.2 Å². The average Bonchev–Trinajstić information content (AvgIpc) is 3.12. The van der Waals surface area contributed by atoms with Gasteiger partial charge in [-0.1, -0.05) is 11.6 Å². The number of hydrogen-bond acceptors (Lipinski definition) is 6. The Morgan fingerprint density at radius 2 is 2.00 bits per heavy atom. The third kappa shape index (κ3) is 4.65. The molecule has 0 radical (unpaired) electrons. The number of aryl methyl sites for hydroxylation is 1. The molecule has 7 nitrogen and oxygen atoms in total. The molecule has 0 aliphatic rings. The van der Waals surface area contributed by atoms with Crippen LogP contribution in [-0.2, 0) is 4.79 Å². The fourth-order valence-corrected chi connectivity index (χ4v) is 3.36. The number of ether oxygens (including phenoxy) is 1. The van der Waals surface area contributed by atoms with E-state index in [2.05, 4.69) is 10.3 Å². The lowest BCUT2D eigenvalue weighted by atomic mass is 10.1. The lowest BCUT2D eigenvalue weighted by molar-refractivity contribution is -0.384. The van der Waals surface area contributed by atoms with Crippen LogP contribution in [0.2, 0.25) is 5.02 Å². The van der Waals surface area contributed by atoms with Crippen LogP contribution in [0.4, 0.5) is 10.8 Å². The van der Waals surface area contributed by atoms with Crippen molar-refractivity contribution in [1.29, 1.82) is 0 Å². The monoisotopic (exact) mass is 417 g/mol. The fourth-order valence-electron chi connectivity index (χ4n) is 2.41. The zero-order valence-corrected chi connectivity index (χ0v) is 16.6. The molecule has 1 atom stereocenters. The Kier molecular flexibility index (Phi) is 5.91. The number of halogens is 1. The highest BCUT2D eigenvalue weighted by molar-refractivity contribution is 7.14. The number of nitrogens with one attached hydrogen (secondary N) is 1. The molecule has 1 aromatic heterocycles. The second-order valence-corrected chi connectivity index (χ2v) is 7.30. The van der Waals surface area contributed by atoms with Crippen molar-refractivity contribution in [1.82, 2.24) is 4.98 Å². The van der Waals surface area contributed by atoms with Crippen molar-refractivity contribution >= 4 is 39.7 Å². The third-order valence-electron chi connectivity index (χ3n) is 3.92. The van der Waals surface area contributed by atoms with Crippen molar-refractivity contribution in [3.05, 3.63) is 68.5 Å². The fraction of sp³-hybridized carbons (Fsp3) is 0.158. The Balaban J connectivity index is 1.65. The number of hydrogen-bond donors (Lipinski definition) is 1. The van der Waals surface area contributed by atoms with Gasteiger partial charge in [-0.15, -0.1) is 11.3 Å². The molecule has 3 aromatic rings. The highest BCUT2D eigenvalue weighted by atomic mass is 35.5. The number of non-ortho nitro benzene ring substituents is 1. The summed E-state index contributed by atoms with van der Waals surface area (Å²) in [7, 11) is 0. The van der Waals surface area contributed by atoms with Gasteiger partial charge in [-0.05, 0) is 49.7 Å². The summed E-state index contributed by atoms with van der Waals surface area (Å²) >= 11 is 7.19. The van der Waals surface area contributed by atoms with Crippen LogP contribution >= 0.6 is 22.9 Å². The van der Waals surface area contributed by atoms with Gasteiger partial charge in [0, 0.05) is 28.1 Å². The molecule has 0 spiro atoms. The number of nitrogens with zero attached hydrogens (tertiary/aromatic N) is 2. The van der Waals surface area contributed by atoms with Gasteiger partial charge in [0.1, 0.15) is 5.75 Å². The van der Waals surface area contributed by atoms with E-state index >= 15 is 0 Å². The number of carbonyl (C=O) groups is 1. The van der Waals surface area contributed by atoms with Gasteiger partial charge < -0.3 is 4.74 Å². The molecule has 144 valence electrons. The minimum atomic E-state index is -0.730. The van der Waals surface area contributed by atoms with Gasteiger partial charge in [-0.2, -0.15) is 0 Å². The van der Waals surface area contributed by atoms with Gasteiger partial charge in [0.25, 0.3) is 11.6 Å². The number of nitro groups is 1. The number of anilines is 1. The maximum absolute atomic E-state index is 12.4. The number of carbonyl (C=O) groups excluding carboxylic acids is 1. The summed E-state index contributed by atoms with van der Waals surface area (Å²) in [5, 5.41) is 16.2. The van der Waals surface area contributed by atoms with Crippen LogP contribution in [0.5, 0.6) is 5.75 Å². The standard InChI is InChI=1S/C19H16ClN3O4S/c1-11-9-14(20)5-8-17(11)27-12(2)18(24)22-19-21-16(10-28-19)13-3-6-15(7-4-13)23(25)26/h3-10,12H,1-2H3,(H,21,22,24)/t12-/m1/s1. The summed E-state index contributed by atoms with van der Waals surface area (Å²) in [6.07, 6.45) is -0.730. The van der Waals surface area contributed by atoms with Gasteiger partial charge in [0.2, 0.25) is 0 Å². The number of nitro benzene ring substituents is 1. The first-order valence-electron chi connectivity index (χ1n) is 8.27. The summed E-state index contributed by atoms with van der Waals surface area (Å²) in [6, 6.07) is 11.2. The molecule has 3 rings (SSSR count). The van der Waals surface area contributed by atoms with E-state index < -0.39 is 11.0 Å². The Hall–Kier alpha value is -2.97. The molecule has 1 amide bonds. The zero-order valence-electron chi connectivity index (χ0n) is 15.0. The van der Waals surface area contributed by atoms with Crippen molar-refractivity contribution in [3.63, 3.8) is 0 Å². The van der Waals surface area contributed by atoms with Crippen molar-refractivity contribution in [2.45, 2.75) is 20.0 Å². The average molecular weight is 418 g/mol. The largest absolute Gasteiger partial charge is 0.481 e. The van der Waals surface area contributed by atoms with Crippen molar-refractivity contribution in [3.8, 4) is 17.0 Å². The minimum absolute atomic E-state index is 0.0102. The van der Waals surface area contributed by atoms with Crippen LogP contribution in [0.25, 0.3) is 11.3 Å². The van der Waals surface area contributed by atoms with Gasteiger partial charge in [0.05, 0.1) is 10.6 Å². The molecular weight excluding hydrogens is 402 g/mol. The maximum Gasteiger partial charge on any atom is 0.269 e. The molecule has 28 heavy (non-hydrogen) atoms. The van der Waals surface area contributed by atoms with Crippen molar-refractivity contribution in [2.24, 2.45) is 0 Å². The number of rotatable bonds is 6. The normalized spacial score (nSPS) is 11.7. The first-order valence-corrected chi connectivity index (χ1v) is 9.53. The Bertz CT molecular complexity index is 1020. The summed E-state index contributed by atoms with van der Waals surface area (Å²) in [5.41, 5.74) is 2.19. The Morgan fingerprint density at radius 3 is 2.64 bits per heavy atom. The highest BCUT2D eigenvalue weighted by Gasteiger charge is 2.18. The van der Waals surface area contributed by atoms with Crippen molar-refractivity contribution < 1.29 is 14.5 Å². The minimum Gasteiger partial charge on any atom is -0.481 e. The van der Waals surface area contributed by atoms with Crippen LogP contribution in [0.15, 0.2) is 47.8 Å². The second-order valence-electron chi connectivity index (χ2n) is 6.00. The van der Waals surface area contributed by atoms with Crippen LogP contribution in [0.1, 0.15) is 12.5 Å². The van der Waals surface area contributed by atoms with Crippen LogP contribution in [0, 0.1) is 17.0 Å². The maximum atomic E-state index is 12.4. The van der Waals surface area contributed by atoms with Gasteiger partial charge >= 0.3 is 0 Å². The third-order valence-corrected chi connectivity index (χ3v) is 4.91. The predicted molar refractivity (Wildman–Crippen MR) is 109 cm³/mol. The Labute approximate surface area is 170 Å². The molecule has 0 saturated carbocycles. The number of benzene rings is 2. The number of aromatic nitrogens is 1. The summed E-state index contributed by atoms with van der Waals surface area (Å²) in [5.74, 6) is 0.247. The van der Waals surface area contributed by atoms with Crippen LogP contribution in [-0.4, -0.2) is 21.9 Å². The van der Waals surface area contributed by atoms with E-state index in [1.807, 2.05) is 6.92 Å². The predicted octanol–water partition coefficient (Wildman–Crippen LogP) is 5.09. The van der Waals surface area contributed by atoms with E-state index in [1.165, 1.54) is 23.5 Å². The van der Waals surface area contributed by atoms with E-state index in [0.29, 0.717) is 21.6 Å². The van der Waals surface area contributed by atoms with E-state index in [1.54, 1.807) is 42.6 Å². The molecular formula is C19H16ClN3O4S. The summed E-state index contributed by atoms with van der Waals surface area (Å²) in [6.45, 7) is 3.50. The van der Waals surface area contributed by atoms with Crippen molar-refractivity contribution in [2.75, 3.05) is 5.32 Å². The topological polar surface area (TPSA) is 94.4 Å².